The highest BCUT2D eigenvalue weighted by atomic mass is 35.5. The molecule has 0 aliphatic rings. The van der Waals surface area contributed by atoms with Crippen molar-refractivity contribution in [1.29, 1.82) is 0 Å². The minimum Gasteiger partial charge on any atom is -0.493 e. The van der Waals surface area contributed by atoms with E-state index >= 15 is 0 Å². The molecule has 0 saturated carbocycles. The molecule has 2 amide bonds. The SMILES string of the molecule is CC(C)N(C)C(=O)c1ccc(CNC(=O)CCOc2cccc(Cl)c2)cc1. The number of amides is 2. The highest BCUT2D eigenvalue weighted by Crippen LogP contribution is 2.17. The van der Waals surface area contributed by atoms with E-state index < -0.39 is 0 Å². The standard InChI is InChI=1S/C21H25ClN2O3/c1-15(2)24(3)21(26)17-9-7-16(8-10-17)14-23-20(25)11-12-27-19-6-4-5-18(22)13-19/h4-10,13,15H,11-12,14H2,1-3H3,(H,23,25). The molecular formula is C21H25ClN2O3. The largest absolute Gasteiger partial charge is 0.493 e. The van der Waals surface area contributed by atoms with Gasteiger partial charge in [0.15, 0.2) is 0 Å². The molecule has 0 unspecified atom stereocenters. The van der Waals surface area contributed by atoms with Crippen LogP contribution in [-0.4, -0.2) is 36.4 Å². The number of nitrogens with zero attached hydrogens (tertiary/aromatic N) is 1. The van der Waals surface area contributed by atoms with E-state index in [2.05, 4.69) is 5.32 Å². The average Bonchev–Trinajstić information content (AvgIpc) is 2.65. The zero-order valence-electron chi connectivity index (χ0n) is 15.9. The molecule has 0 bridgehead atoms. The van der Waals surface area contributed by atoms with Gasteiger partial charge in [0.1, 0.15) is 5.75 Å². The molecule has 0 atom stereocenters. The van der Waals surface area contributed by atoms with E-state index in [-0.39, 0.29) is 30.9 Å². The van der Waals surface area contributed by atoms with Crippen LogP contribution in [-0.2, 0) is 11.3 Å². The monoisotopic (exact) mass is 388 g/mol. The Labute approximate surface area is 165 Å². The Hall–Kier alpha value is -2.53. The van der Waals surface area contributed by atoms with Crippen molar-refractivity contribution in [1.82, 2.24) is 10.2 Å². The van der Waals surface area contributed by atoms with Gasteiger partial charge in [-0.05, 0) is 49.7 Å². The van der Waals surface area contributed by atoms with Gasteiger partial charge in [0.25, 0.3) is 5.91 Å². The summed E-state index contributed by atoms with van der Waals surface area (Å²) in [4.78, 5) is 25.9. The maximum atomic E-state index is 12.3. The van der Waals surface area contributed by atoms with Crippen molar-refractivity contribution in [3.63, 3.8) is 0 Å². The van der Waals surface area contributed by atoms with Gasteiger partial charge in [0.2, 0.25) is 5.91 Å². The topological polar surface area (TPSA) is 58.6 Å². The van der Waals surface area contributed by atoms with E-state index in [1.807, 2.05) is 26.0 Å². The second-order valence-corrected chi connectivity index (χ2v) is 6.98. The molecule has 0 heterocycles. The number of halogens is 1. The van der Waals surface area contributed by atoms with Gasteiger partial charge >= 0.3 is 0 Å². The van der Waals surface area contributed by atoms with Gasteiger partial charge in [0.05, 0.1) is 13.0 Å². The summed E-state index contributed by atoms with van der Waals surface area (Å²) in [5.41, 5.74) is 1.57. The van der Waals surface area contributed by atoms with Crippen LogP contribution in [0.5, 0.6) is 5.75 Å². The maximum Gasteiger partial charge on any atom is 0.253 e. The van der Waals surface area contributed by atoms with Gasteiger partial charge in [-0.1, -0.05) is 29.8 Å². The van der Waals surface area contributed by atoms with E-state index in [9.17, 15) is 9.59 Å². The second kappa shape index (κ2) is 9.97. The van der Waals surface area contributed by atoms with Gasteiger partial charge < -0.3 is 15.0 Å². The van der Waals surface area contributed by atoms with E-state index in [1.54, 1.807) is 48.3 Å². The third-order valence-corrected chi connectivity index (χ3v) is 4.41. The Morgan fingerprint density at radius 2 is 1.85 bits per heavy atom. The summed E-state index contributed by atoms with van der Waals surface area (Å²) in [6.45, 7) is 4.63. The maximum absolute atomic E-state index is 12.3. The summed E-state index contributed by atoms with van der Waals surface area (Å²) in [5, 5.41) is 3.44. The van der Waals surface area contributed by atoms with Crippen LogP contribution in [0.25, 0.3) is 0 Å². The third-order valence-electron chi connectivity index (χ3n) is 4.18. The first-order valence-electron chi connectivity index (χ1n) is 8.88. The highest BCUT2D eigenvalue weighted by molar-refractivity contribution is 6.30. The van der Waals surface area contributed by atoms with E-state index in [0.717, 1.165) is 5.56 Å². The van der Waals surface area contributed by atoms with Crippen LogP contribution in [0.1, 0.15) is 36.2 Å². The lowest BCUT2D eigenvalue weighted by Crippen LogP contribution is -2.32. The zero-order chi connectivity index (χ0) is 19.8. The first-order chi connectivity index (χ1) is 12.9. The molecule has 0 saturated heterocycles. The molecular weight excluding hydrogens is 364 g/mol. The van der Waals surface area contributed by atoms with Crippen LogP contribution in [0.3, 0.4) is 0 Å². The van der Waals surface area contributed by atoms with Crippen molar-refractivity contribution in [3.8, 4) is 5.75 Å². The number of nitrogens with one attached hydrogen (secondary N) is 1. The Morgan fingerprint density at radius 3 is 2.48 bits per heavy atom. The van der Waals surface area contributed by atoms with Crippen LogP contribution in [0.2, 0.25) is 5.02 Å². The molecule has 2 rings (SSSR count). The quantitative estimate of drug-likeness (QED) is 0.746. The summed E-state index contributed by atoms with van der Waals surface area (Å²) in [6.07, 6.45) is 0.252. The zero-order valence-corrected chi connectivity index (χ0v) is 16.6. The van der Waals surface area contributed by atoms with E-state index in [4.69, 9.17) is 16.3 Å². The van der Waals surface area contributed by atoms with Gasteiger partial charge in [-0.15, -0.1) is 0 Å². The predicted molar refractivity (Wildman–Crippen MR) is 107 cm³/mol. The normalized spacial score (nSPS) is 10.6. The molecule has 6 heteroatoms. The molecule has 0 aliphatic carbocycles. The average molecular weight is 389 g/mol. The molecule has 144 valence electrons. The van der Waals surface area contributed by atoms with Crippen LogP contribution in [0.15, 0.2) is 48.5 Å². The highest BCUT2D eigenvalue weighted by Gasteiger charge is 2.14. The summed E-state index contributed by atoms with van der Waals surface area (Å²) < 4.78 is 5.51. The van der Waals surface area contributed by atoms with Crippen molar-refractivity contribution in [3.05, 3.63) is 64.7 Å². The number of benzene rings is 2. The third kappa shape index (κ3) is 6.61. The van der Waals surface area contributed by atoms with E-state index in [1.165, 1.54) is 0 Å². The van der Waals surface area contributed by atoms with Crippen LogP contribution < -0.4 is 10.1 Å². The first-order valence-corrected chi connectivity index (χ1v) is 9.26. The van der Waals surface area contributed by atoms with Gasteiger partial charge in [0, 0.05) is 30.2 Å². The number of ether oxygens (including phenoxy) is 1. The number of carbonyl (C=O) groups is 2. The second-order valence-electron chi connectivity index (χ2n) is 6.54. The molecule has 2 aromatic carbocycles. The first kappa shape index (κ1) is 20.8. The van der Waals surface area contributed by atoms with Crippen molar-refractivity contribution in [2.75, 3.05) is 13.7 Å². The Morgan fingerprint density at radius 1 is 1.15 bits per heavy atom. The lowest BCUT2D eigenvalue weighted by Gasteiger charge is -2.21. The fourth-order valence-electron chi connectivity index (χ4n) is 2.31. The van der Waals surface area contributed by atoms with Crippen LogP contribution in [0, 0.1) is 0 Å². The Bertz CT molecular complexity index is 775. The molecule has 0 aromatic heterocycles. The molecule has 2 aromatic rings. The van der Waals surface area contributed by atoms with Crippen molar-refractivity contribution >= 4 is 23.4 Å². The smallest absolute Gasteiger partial charge is 0.253 e. The predicted octanol–water partition coefficient (Wildman–Crippen LogP) is 3.91. The molecule has 5 nitrogen and oxygen atoms in total. The van der Waals surface area contributed by atoms with Crippen LogP contribution in [0.4, 0.5) is 0 Å². The Kier molecular flexibility index (Phi) is 7.67. The summed E-state index contributed by atoms with van der Waals surface area (Å²) >= 11 is 5.88. The number of carbonyl (C=O) groups excluding carboxylic acids is 2. The molecule has 0 fully saturated rings. The lowest BCUT2D eigenvalue weighted by atomic mass is 10.1. The molecule has 0 spiro atoms. The van der Waals surface area contributed by atoms with Gasteiger partial charge in [-0.2, -0.15) is 0 Å². The summed E-state index contributed by atoms with van der Waals surface area (Å²) in [7, 11) is 1.78. The van der Waals surface area contributed by atoms with E-state index in [0.29, 0.717) is 22.9 Å². The van der Waals surface area contributed by atoms with Gasteiger partial charge in [-0.25, -0.2) is 0 Å². The lowest BCUT2D eigenvalue weighted by molar-refractivity contribution is -0.121. The van der Waals surface area contributed by atoms with Crippen molar-refractivity contribution in [2.45, 2.75) is 32.9 Å². The van der Waals surface area contributed by atoms with Gasteiger partial charge in [-0.3, -0.25) is 9.59 Å². The molecule has 27 heavy (non-hydrogen) atoms. The number of rotatable bonds is 8. The van der Waals surface area contributed by atoms with Crippen molar-refractivity contribution in [2.24, 2.45) is 0 Å². The summed E-state index contributed by atoms with van der Waals surface area (Å²) in [6, 6.07) is 14.5. The Balaban J connectivity index is 1.75. The molecule has 1 N–H and O–H groups in total. The number of hydrogen-bond acceptors (Lipinski definition) is 3. The van der Waals surface area contributed by atoms with Crippen LogP contribution >= 0.6 is 11.6 Å². The molecule has 0 radical (unpaired) electrons. The minimum absolute atomic E-state index is 0.0150. The van der Waals surface area contributed by atoms with Crippen molar-refractivity contribution < 1.29 is 14.3 Å². The minimum atomic E-state index is -0.100. The fraction of sp³-hybridized carbons (Fsp3) is 0.333. The summed E-state index contributed by atoms with van der Waals surface area (Å²) in [5.74, 6) is 0.525. The fourth-order valence-corrected chi connectivity index (χ4v) is 2.49. The number of hydrogen-bond donors (Lipinski definition) is 1. The molecule has 0 aliphatic heterocycles.